The van der Waals surface area contributed by atoms with Gasteiger partial charge in [-0.25, -0.2) is 0 Å². The van der Waals surface area contributed by atoms with Crippen LogP contribution in [0.3, 0.4) is 0 Å². The molecule has 0 spiro atoms. The van der Waals surface area contributed by atoms with Crippen molar-refractivity contribution in [3.8, 4) is 0 Å². The molecule has 0 fully saturated rings. The lowest BCUT2D eigenvalue weighted by Crippen LogP contribution is -2.33. The molecule has 0 saturated carbocycles. The number of hydrogen-bond donors (Lipinski definition) is 0. The Morgan fingerprint density at radius 2 is 1.81 bits per heavy atom. The summed E-state index contributed by atoms with van der Waals surface area (Å²) in [6, 6.07) is 9.96. The third-order valence-corrected chi connectivity index (χ3v) is 2.67. The molecule has 88 valence electrons. The number of likely N-dealkylation sites (N-methyl/N-ethyl adjacent to an activating group) is 1. The van der Waals surface area contributed by atoms with Crippen LogP contribution in [0.2, 0.25) is 0 Å². The number of nitrogens with zero attached hydrogens (tertiary/aromatic N) is 1. The normalized spacial score (nSPS) is 14.6. The zero-order valence-corrected chi connectivity index (χ0v) is 10.3. The molecule has 3 heteroatoms. The summed E-state index contributed by atoms with van der Waals surface area (Å²) in [6.07, 6.45) is -0.214. The summed E-state index contributed by atoms with van der Waals surface area (Å²) in [5, 5.41) is 0. The summed E-state index contributed by atoms with van der Waals surface area (Å²) in [4.78, 5) is 13.2. The van der Waals surface area contributed by atoms with E-state index < -0.39 is 0 Å². The maximum absolute atomic E-state index is 11.1. The summed E-state index contributed by atoms with van der Waals surface area (Å²) >= 11 is 0. The molecule has 0 saturated heterocycles. The highest BCUT2D eigenvalue weighted by Crippen LogP contribution is 2.23. The molecule has 1 aromatic rings. The van der Waals surface area contributed by atoms with E-state index in [9.17, 15) is 4.79 Å². The number of hydrogen-bond acceptors (Lipinski definition) is 3. The number of rotatable bonds is 4. The second kappa shape index (κ2) is 5.66. The van der Waals surface area contributed by atoms with Crippen LogP contribution in [0.5, 0.6) is 0 Å². The molecule has 3 nitrogen and oxygen atoms in total. The van der Waals surface area contributed by atoms with Crippen molar-refractivity contribution < 1.29 is 9.53 Å². The van der Waals surface area contributed by atoms with Gasteiger partial charge in [0.2, 0.25) is 0 Å². The van der Waals surface area contributed by atoms with Gasteiger partial charge in [0.25, 0.3) is 0 Å². The standard InChI is InChI=1S/C13H19NO2/c1-10(14(3)4)13(16-11(2)15)12-8-6-5-7-9-12/h5-10,13H,1-4H3. The van der Waals surface area contributed by atoms with Crippen molar-refractivity contribution in [2.75, 3.05) is 14.1 Å². The van der Waals surface area contributed by atoms with Crippen LogP contribution < -0.4 is 0 Å². The second-order valence-electron chi connectivity index (χ2n) is 4.14. The number of esters is 1. The molecule has 2 unspecified atom stereocenters. The topological polar surface area (TPSA) is 29.5 Å². The lowest BCUT2D eigenvalue weighted by molar-refractivity contribution is -0.149. The maximum atomic E-state index is 11.1. The van der Waals surface area contributed by atoms with Crippen molar-refractivity contribution in [3.63, 3.8) is 0 Å². The van der Waals surface area contributed by atoms with Gasteiger partial charge in [0.15, 0.2) is 0 Å². The Labute approximate surface area is 97.0 Å². The Morgan fingerprint density at radius 3 is 2.25 bits per heavy atom. The molecule has 2 atom stereocenters. The Hall–Kier alpha value is -1.35. The van der Waals surface area contributed by atoms with Gasteiger partial charge in [-0.2, -0.15) is 0 Å². The van der Waals surface area contributed by atoms with Crippen molar-refractivity contribution in [3.05, 3.63) is 35.9 Å². The number of benzene rings is 1. The average Bonchev–Trinajstić information content (AvgIpc) is 2.26. The summed E-state index contributed by atoms with van der Waals surface area (Å²) in [7, 11) is 3.95. The van der Waals surface area contributed by atoms with Crippen LogP contribution in [0.4, 0.5) is 0 Å². The molecule has 0 aromatic heterocycles. The summed E-state index contributed by atoms with van der Waals surface area (Å²) in [5.74, 6) is -0.248. The minimum absolute atomic E-state index is 0.145. The SMILES string of the molecule is CC(=O)OC(c1ccccc1)C(C)N(C)C. The molecule has 0 radical (unpaired) electrons. The molecular formula is C13H19NO2. The minimum Gasteiger partial charge on any atom is -0.456 e. The highest BCUT2D eigenvalue weighted by Gasteiger charge is 2.23. The van der Waals surface area contributed by atoms with E-state index in [4.69, 9.17) is 4.74 Å². The second-order valence-corrected chi connectivity index (χ2v) is 4.14. The van der Waals surface area contributed by atoms with E-state index in [0.717, 1.165) is 5.56 Å². The van der Waals surface area contributed by atoms with Gasteiger partial charge in [-0.15, -0.1) is 0 Å². The Balaban J connectivity index is 2.91. The van der Waals surface area contributed by atoms with Gasteiger partial charge in [-0.05, 0) is 26.6 Å². The zero-order valence-electron chi connectivity index (χ0n) is 10.3. The fraction of sp³-hybridized carbons (Fsp3) is 0.462. The van der Waals surface area contributed by atoms with Crippen LogP contribution in [0.15, 0.2) is 30.3 Å². The van der Waals surface area contributed by atoms with Crippen LogP contribution in [0.1, 0.15) is 25.5 Å². The van der Waals surface area contributed by atoms with Crippen LogP contribution in [-0.4, -0.2) is 31.0 Å². The van der Waals surface area contributed by atoms with Crippen LogP contribution in [0.25, 0.3) is 0 Å². The van der Waals surface area contributed by atoms with Crippen molar-refractivity contribution in [2.45, 2.75) is 26.0 Å². The van der Waals surface area contributed by atoms with Crippen molar-refractivity contribution in [1.82, 2.24) is 4.90 Å². The molecule has 0 aliphatic carbocycles. The van der Waals surface area contributed by atoms with E-state index in [1.165, 1.54) is 6.92 Å². The fourth-order valence-electron chi connectivity index (χ4n) is 1.54. The zero-order chi connectivity index (χ0) is 12.1. The van der Waals surface area contributed by atoms with Gasteiger partial charge in [-0.3, -0.25) is 4.79 Å². The highest BCUT2D eigenvalue weighted by atomic mass is 16.5. The predicted octanol–water partition coefficient (Wildman–Crippen LogP) is 2.24. The Bertz CT molecular complexity index is 335. The van der Waals surface area contributed by atoms with Crippen molar-refractivity contribution in [2.24, 2.45) is 0 Å². The number of carbonyl (C=O) groups is 1. The number of carbonyl (C=O) groups excluding carboxylic acids is 1. The largest absolute Gasteiger partial charge is 0.456 e. The molecule has 0 aliphatic heterocycles. The predicted molar refractivity (Wildman–Crippen MR) is 64.1 cm³/mol. The van der Waals surface area contributed by atoms with Crippen molar-refractivity contribution >= 4 is 5.97 Å². The average molecular weight is 221 g/mol. The third-order valence-electron chi connectivity index (χ3n) is 2.67. The third kappa shape index (κ3) is 3.35. The molecule has 16 heavy (non-hydrogen) atoms. The lowest BCUT2D eigenvalue weighted by Gasteiger charge is -2.29. The summed E-state index contributed by atoms with van der Waals surface area (Å²) in [5.41, 5.74) is 1.03. The van der Waals surface area contributed by atoms with Gasteiger partial charge >= 0.3 is 5.97 Å². The van der Waals surface area contributed by atoms with Gasteiger partial charge in [0.1, 0.15) is 6.10 Å². The molecule has 0 bridgehead atoms. The lowest BCUT2D eigenvalue weighted by atomic mass is 10.0. The molecule has 1 rings (SSSR count). The highest BCUT2D eigenvalue weighted by molar-refractivity contribution is 5.66. The molecule has 0 amide bonds. The molecule has 1 aromatic carbocycles. The first-order valence-corrected chi connectivity index (χ1v) is 5.41. The first-order valence-electron chi connectivity index (χ1n) is 5.41. The van der Waals surface area contributed by atoms with E-state index in [-0.39, 0.29) is 18.1 Å². The number of ether oxygens (including phenoxy) is 1. The monoisotopic (exact) mass is 221 g/mol. The van der Waals surface area contributed by atoms with Crippen LogP contribution in [-0.2, 0) is 9.53 Å². The quantitative estimate of drug-likeness (QED) is 0.730. The van der Waals surface area contributed by atoms with E-state index in [2.05, 4.69) is 0 Å². The summed E-state index contributed by atoms with van der Waals surface area (Å²) < 4.78 is 5.38. The van der Waals surface area contributed by atoms with Gasteiger partial charge in [0, 0.05) is 13.0 Å². The van der Waals surface area contributed by atoms with Gasteiger partial charge in [-0.1, -0.05) is 30.3 Å². The molecule has 0 aliphatic rings. The fourth-order valence-corrected chi connectivity index (χ4v) is 1.54. The van der Waals surface area contributed by atoms with E-state index in [1.54, 1.807) is 0 Å². The first kappa shape index (κ1) is 12.7. The van der Waals surface area contributed by atoms with Gasteiger partial charge in [0.05, 0.1) is 0 Å². The van der Waals surface area contributed by atoms with E-state index in [0.29, 0.717) is 0 Å². The Morgan fingerprint density at radius 1 is 1.25 bits per heavy atom. The van der Waals surface area contributed by atoms with Crippen molar-refractivity contribution in [1.29, 1.82) is 0 Å². The molecule has 0 N–H and O–H groups in total. The minimum atomic E-state index is -0.248. The molecule has 0 heterocycles. The van der Waals surface area contributed by atoms with Crippen LogP contribution >= 0.6 is 0 Å². The van der Waals surface area contributed by atoms with E-state index >= 15 is 0 Å². The molecular weight excluding hydrogens is 202 g/mol. The first-order chi connectivity index (χ1) is 7.52. The summed E-state index contributed by atoms with van der Waals surface area (Å²) in [6.45, 7) is 3.49. The Kier molecular flexibility index (Phi) is 4.50. The van der Waals surface area contributed by atoms with Gasteiger partial charge < -0.3 is 9.64 Å². The smallest absolute Gasteiger partial charge is 0.303 e. The maximum Gasteiger partial charge on any atom is 0.303 e. The van der Waals surface area contributed by atoms with E-state index in [1.807, 2.05) is 56.3 Å². The van der Waals surface area contributed by atoms with Crippen LogP contribution in [0, 0.1) is 0 Å².